The van der Waals surface area contributed by atoms with Crippen molar-refractivity contribution in [2.45, 2.75) is 31.7 Å². The minimum absolute atomic E-state index is 0.183. The number of anilines is 3. The van der Waals surface area contributed by atoms with Crippen molar-refractivity contribution in [1.29, 1.82) is 5.26 Å². The molecule has 1 amide bonds. The Morgan fingerprint density at radius 3 is 2.85 bits per heavy atom. The van der Waals surface area contributed by atoms with Gasteiger partial charge >= 0.3 is 0 Å². The number of hydrogen-bond acceptors (Lipinski definition) is 11. The average Bonchev–Trinajstić information content (AvgIpc) is 2.95. The molecule has 1 aliphatic heterocycles. The molecule has 1 saturated heterocycles. The van der Waals surface area contributed by atoms with Gasteiger partial charge in [-0.25, -0.2) is 19.3 Å². The van der Waals surface area contributed by atoms with E-state index in [1.807, 2.05) is 12.1 Å². The van der Waals surface area contributed by atoms with E-state index in [0.717, 1.165) is 0 Å². The number of halogens is 1. The van der Waals surface area contributed by atoms with Crippen molar-refractivity contribution in [2.75, 3.05) is 44.0 Å². The van der Waals surface area contributed by atoms with Crippen LogP contribution in [-0.4, -0.2) is 87.6 Å². The van der Waals surface area contributed by atoms with E-state index in [1.165, 1.54) is 18.2 Å². The number of aromatic nitrogens is 4. The monoisotopic (exact) mass is 536 g/mol. The number of nitriles is 1. The van der Waals surface area contributed by atoms with Crippen molar-refractivity contribution in [3.8, 4) is 23.2 Å². The number of aliphatic hydroxyl groups excluding tert-OH is 1. The molecule has 4 rings (SSSR count). The molecule has 1 aromatic carbocycles. The Labute approximate surface area is 224 Å². The Balaban J connectivity index is 1.42. The van der Waals surface area contributed by atoms with E-state index in [4.69, 9.17) is 9.47 Å². The van der Waals surface area contributed by atoms with Crippen LogP contribution in [0.5, 0.6) is 5.75 Å². The number of piperidine rings is 1. The van der Waals surface area contributed by atoms with Gasteiger partial charge in [0.25, 0.3) is 5.91 Å². The highest BCUT2D eigenvalue weighted by Crippen LogP contribution is 2.28. The maximum atomic E-state index is 14.8. The molecule has 0 spiro atoms. The maximum Gasteiger partial charge on any atom is 0.251 e. The Kier molecular flexibility index (Phi) is 9.14. The van der Waals surface area contributed by atoms with Crippen LogP contribution in [0.15, 0.2) is 42.9 Å². The highest BCUT2D eigenvalue weighted by molar-refractivity contribution is 5.80. The molecule has 0 saturated carbocycles. The van der Waals surface area contributed by atoms with Gasteiger partial charge in [-0.1, -0.05) is 0 Å². The first-order valence-electron chi connectivity index (χ1n) is 12.3. The zero-order valence-electron chi connectivity index (χ0n) is 21.5. The molecule has 0 aliphatic carbocycles. The van der Waals surface area contributed by atoms with Crippen LogP contribution in [-0.2, 0) is 9.53 Å². The number of pyridine rings is 1. The summed E-state index contributed by atoms with van der Waals surface area (Å²) < 4.78 is 25.6. The molecule has 0 radical (unpaired) electrons. The molecular formula is C26H29FN8O4. The van der Waals surface area contributed by atoms with Crippen molar-refractivity contribution < 1.29 is 23.8 Å². The highest BCUT2D eigenvalue weighted by Gasteiger charge is 2.34. The molecule has 204 valence electrons. The van der Waals surface area contributed by atoms with Gasteiger partial charge in [-0.15, -0.1) is 0 Å². The molecule has 39 heavy (non-hydrogen) atoms. The molecule has 1 aliphatic rings. The number of rotatable bonds is 10. The number of hydrogen-bond donors (Lipinski definition) is 3. The molecule has 3 aromatic rings. The highest BCUT2D eigenvalue weighted by atomic mass is 19.1. The third-order valence-corrected chi connectivity index (χ3v) is 5.99. The van der Waals surface area contributed by atoms with Crippen molar-refractivity contribution in [2.24, 2.45) is 0 Å². The fourth-order valence-corrected chi connectivity index (χ4v) is 3.98. The van der Waals surface area contributed by atoms with Crippen LogP contribution in [0.25, 0.3) is 11.4 Å². The summed E-state index contributed by atoms with van der Waals surface area (Å²) in [6.45, 7) is 2.62. The zero-order valence-corrected chi connectivity index (χ0v) is 21.5. The lowest BCUT2D eigenvalue weighted by atomic mass is 10.0. The second-order valence-corrected chi connectivity index (χ2v) is 8.85. The van der Waals surface area contributed by atoms with E-state index >= 15 is 0 Å². The number of carbonyl (C=O) groups excluding carboxylic acids is 1. The quantitative estimate of drug-likeness (QED) is 0.326. The number of nitrogens with one attached hydrogen (secondary N) is 2. The van der Waals surface area contributed by atoms with Crippen molar-refractivity contribution in [3.05, 3.63) is 48.4 Å². The summed E-state index contributed by atoms with van der Waals surface area (Å²) in [5, 5.41) is 25.4. The van der Waals surface area contributed by atoms with E-state index in [0.29, 0.717) is 42.0 Å². The van der Waals surface area contributed by atoms with E-state index in [2.05, 4.69) is 36.6 Å². The van der Waals surface area contributed by atoms with Gasteiger partial charge < -0.3 is 30.1 Å². The number of amides is 1. The lowest BCUT2D eigenvalue weighted by Gasteiger charge is -2.35. The Hall–Kier alpha value is -4.41. The molecule has 1 fully saturated rings. The number of aliphatic hydroxyl groups is 1. The van der Waals surface area contributed by atoms with Gasteiger partial charge in [-0.3, -0.25) is 4.79 Å². The normalized spacial score (nSPS) is 17.7. The standard InChI is InChI=1S/C26H29FN8O4/c1-16(36)25(37)35-9-7-22(20(27)14-35)39-21-5-3-17(11-18(21)12-28)24-31-15-32-26(34-24)33-19-4-6-23(30-13-19)29-8-10-38-2/h3-6,11,13,15-16,20,22,36H,7-10,14H2,1-2H3,(H,29,30)(H,31,32,33,34)/t16?,20-,22+/m1/s1. The van der Waals surface area contributed by atoms with Crippen molar-refractivity contribution >= 4 is 23.4 Å². The summed E-state index contributed by atoms with van der Waals surface area (Å²) in [4.78, 5) is 30.4. The minimum atomic E-state index is -1.46. The van der Waals surface area contributed by atoms with Crippen molar-refractivity contribution in [3.63, 3.8) is 0 Å². The molecule has 13 heteroatoms. The third kappa shape index (κ3) is 7.13. The van der Waals surface area contributed by atoms with Gasteiger partial charge in [0.05, 0.1) is 30.6 Å². The van der Waals surface area contributed by atoms with Crippen LogP contribution in [0.2, 0.25) is 0 Å². The van der Waals surface area contributed by atoms with Crippen LogP contribution in [0.1, 0.15) is 18.9 Å². The third-order valence-electron chi connectivity index (χ3n) is 5.99. The molecule has 3 heterocycles. The number of alkyl halides is 1. The second-order valence-electron chi connectivity index (χ2n) is 8.85. The lowest BCUT2D eigenvalue weighted by molar-refractivity contribution is -0.143. The number of likely N-dealkylation sites (tertiary alicyclic amines) is 1. The van der Waals surface area contributed by atoms with Gasteiger partial charge in [0, 0.05) is 32.2 Å². The number of ether oxygens (including phenoxy) is 2. The number of methoxy groups -OCH3 is 1. The first kappa shape index (κ1) is 27.6. The smallest absolute Gasteiger partial charge is 0.251 e. The maximum absolute atomic E-state index is 14.8. The summed E-state index contributed by atoms with van der Waals surface area (Å²) >= 11 is 0. The molecule has 1 unspecified atom stereocenters. The van der Waals surface area contributed by atoms with Crippen LogP contribution >= 0.6 is 0 Å². The van der Waals surface area contributed by atoms with Crippen LogP contribution in [0, 0.1) is 11.3 Å². The van der Waals surface area contributed by atoms with Crippen LogP contribution < -0.4 is 15.4 Å². The van der Waals surface area contributed by atoms with Gasteiger partial charge in [0.2, 0.25) is 5.95 Å². The number of benzene rings is 1. The summed E-state index contributed by atoms with van der Waals surface area (Å²) in [6, 6.07) is 10.5. The number of nitrogens with zero attached hydrogens (tertiary/aromatic N) is 6. The average molecular weight is 537 g/mol. The first-order chi connectivity index (χ1) is 18.9. The van der Waals surface area contributed by atoms with Crippen molar-refractivity contribution in [1.82, 2.24) is 24.8 Å². The fraction of sp³-hybridized carbons (Fsp3) is 0.385. The SMILES string of the molecule is COCCNc1ccc(Nc2ncnc(-c3ccc(O[C@H]4CCN(C(=O)C(C)O)C[C@H]4F)c(C#N)c3)n2)cn1. The topological polar surface area (TPSA) is 158 Å². The van der Waals surface area contributed by atoms with E-state index in [-0.39, 0.29) is 30.8 Å². The minimum Gasteiger partial charge on any atom is -0.486 e. The summed E-state index contributed by atoms with van der Waals surface area (Å²) in [7, 11) is 1.63. The Morgan fingerprint density at radius 1 is 1.31 bits per heavy atom. The molecule has 3 N–H and O–H groups in total. The van der Waals surface area contributed by atoms with E-state index in [1.54, 1.807) is 31.5 Å². The fourth-order valence-electron chi connectivity index (χ4n) is 3.98. The molecular weight excluding hydrogens is 507 g/mol. The molecule has 2 aromatic heterocycles. The largest absolute Gasteiger partial charge is 0.486 e. The summed E-state index contributed by atoms with van der Waals surface area (Å²) in [6.07, 6.45) is -0.261. The predicted octanol–water partition coefficient (Wildman–Crippen LogP) is 2.31. The van der Waals surface area contributed by atoms with Gasteiger partial charge in [-0.2, -0.15) is 10.2 Å². The Bertz CT molecular complexity index is 1320. The summed E-state index contributed by atoms with van der Waals surface area (Å²) in [5.41, 5.74) is 1.42. The zero-order chi connectivity index (χ0) is 27.8. The van der Waals surface area contributed by atoms with Gasteiger partial charge in [0.1, 0.15) is 36.2 Å². The van der Waals surface area contributed by atoms with Crippen LogP contribution in [0.3, 0.4) is 0 Å². The first-order valence-corrected chi connectivity index (χ1v) is 12.3. The summed E-state index contributed by atoms with van der Waals surface area (Å²) in [5.74, 6) is 1.03. The van der Waals surface area contributed by atoms with E-state index < -0.39 is 24.3 Å². The second kappa shape index (κ2) is 12.9. The van der Waals surface area contributed by atoms with Crippen LogP contribution in [0.4, 0.5) is 21.8 Å². The Morgan fingerprint density at radius 2 is 2.15 bits per heavy atom. The molecule has 12 nitrogen and oxygen atoms in total. The van der Waals surface area contributed by atoms with Gasteiger partial charge in [-0.05, 0) is 37.3 Å². The molecule has 0 bridgehead atoms. The number of carbonyl (C=O) groups is 1. The van der Waals surface area contributed by atoms with E-state index in [9.17, 15) is 19.6 Å². The predicted molar refractivity (Wildman–Crippen MR) is 140 cm³/mol. The molecule has 3 atom stereocenters. The lowest BCUT2D eigenvalue weighted by Crippen LogP contribution is -2.51. The van der Waals surface area contributed by atoms with Gasteiger partial charge in [0.15, 0.2) is 12.0 Å².